The van der Waals surface area contributed by atoms with Gasteiger partial charge in [-0.3, -0.25) is 18.9 Å². The van der Waals surface area contributed by atoms with Crippen molar-refractivity contribution in [3.63, 3.8) is 0 Å². The van der Waals surface area contributed by atoms with Crippen LogP contribution >= 0.6 is 7.60 Å². The van der Waals surface area contributed by atoms with Gasteiger partial charge in [0.15, 0.2) is 0 Å². The number of carbonyl (C=O) groups is 3. The van der Waals surface area contributed by atoms with E-state index in [2.05, 4.69) is 10.6 Å². The average molecular weight is 561 g/mol. The van der Waals surface area contributed by atoms with Crippen LogP contribution in [-0.2, 0) is 32.7 Å². The predicted molar refractivity (Wildman–Crippen MR) is 137 cm³/mol. The normalized spacial score (nSPS) is 13.2. The zero-order valence-electron chi connectivity index (χ0n) is 20.3. The molecule has 0 radical (unpaired) electrons. The standard InChI is InChI=1S/C26H26F2N3O7P/c27-26(28,39(36,37)38)19-10-6-16(7-11-19)14-21(23(29)33)30-25(35)22(15-17-8-12-20(32)13-9-17)31-24(34)18-4-2-1-3-5-18/h1-13,21-22,32H,14-15H2,(H2,29,33)(H,30,35)(H,31,34)(H2,36,37,38)/t21-,22-/m0/s1. The minimum Gasteiger partial charge on any atom is -0.508 e. The fourth-order valence-corrected chi connectivity index (χ4v) is 4.13. The summed E-state index contributed by atoms with van der Waals surface area (Å²) in [5.74, 6) is -2.23. The molecule has 0 saturated carbocycles. The average Bonchev–Trinajstić information content (AvgIpc) is 2.89. The van der Waals surface area contributed by atoms with Crippen LogP contribution in [0, 0.1) is 0 Å². The second kappa shape index (κ2) is 12.2. The maximum atomic E-state index is 13.9. The first-order chi connectivity index (χ1) is 18.3. The summed E-state index contributed by atoms with van der Waals surface area (Å²) in [5.41, 5.74) is 1.30. The van der Waals surface area contributed by atoms with Crippen LogP contribution in [0.15, 0.2) is 78.9 Å². The highest BCUT2D eigenvalue weighted by Gasteiger charge is 2.50. The van der Waals surface area contributed by atoms with Crippen molar-refractivity contribution in [2.75, 3.05) is 0 Å². The van der Waals surface area contributed by atoms with E-state index >= 15 is 0 Å². The van der Waals surface area contributed by atoms with E-state index in [0.717, 1.165) is 24.3 Å². The van der Waals surface area contributed by atoms with Gasteiger partial charge in [0, 0.05) is 24.0 Å². The van der Waals surface area contributed by atoms with Crippen LogP contribution in [0.5, 0.6) is 5.75 Å². The molecule has 3 aromatic rings. The van der Waals surface area contributed by atoms with Crippen molar-refractivity contribution in [3.05, 3.63) is 101 Å². The number of aromatic hydroxyl groups is 1. The number of phenolic OH excluding ortho intramolecular Hbond substituents is 1. The van der Waals surface area contributed by atoms with Crippen LogP contribution < -0.4 is 16.4 Å². The van der Waals surface area contributed by atoms with E-state index in [0.29, 0.717) is 11.1 Å². The summed E-state index contributed by atoms with van der Waals surface area (Å²) in [7, 11) is -5.76. The highest BCUT2D eigenvalue weighted by molar-refractivity contribution is 7.52. The van der Waals surface area contributed by atoms with Gasteiger partial charge in [-0.25, -0.2) is 0 Å². The van der Waals surface area contributed by atoms with Gasteiger partial charge in [-0.2, -0.15) is 8.78 Å². The lowest BCUT2D eigenvalue weighted by Gasteiger charge is -2.23. The van der Waals surface area contributed by atoms with E-state index in [1.807, 2.05) is 0 Å². The van der Waals surface area contributed by atoms with Gasteiger partial charge in [0.25, 0.3) is 5.91 Å². The molecule has 3 rings (SSSR count). The van der Waals surface area contributed by atoms with Crippen LogP contribution in [0.3, 0.4) is 0 Å². The number of hydrogen-bond acceptors (Lipinski definition) is 5. The van der Waals surface area contributed by atoms with Crippen LogP contribution in [0.25, 0.3) is 0 Å². The number of primary amides is 1. The number of alkyl halides is 2. The van der Waals surface area contributed by atoms with Gasteiger partial charge in [-0.05, 0) is 35.4 Å². The maximum Gasteiger partial charge on any atom is 0.399 e. The van der Waals surface area contributed by atoms with E-state index in [1.54, 1.807) is 42.5 Å². The van der Waals surface area contributed by atoms with Crippen LogP contribution in [0.4, 0.5) is 8.78 Å². The van der Waals surface area contributed by atoms with Gasteiger partial charge in [0.2, 0.25) is 11.8 Å². The third-order valence-electron chi connectivity index (χ3n) is 5.80. The molecule has 0 fully saturated rings. The summed E-state index contributed by atoms with van der Waals surface area (Å²) in [5, 5.41) is 14.6. The van der Waals surface area contributed by atoms with Gasteiger partial charge in [-0.15, -0.1) is 0 Å². The Hall–Kier alpha value is -4.12. The molecule has 0 aliphatic carbocycles. The van der Waals surface area contributed by atoms with Crippen LogP contribution in [-0.4, -0.2) is 44.7 Å². The predicted octanol–water partition coefficient (Wildman–Crippen LogP) is 2.17. The third-order valence-corrected chi connectivity index (χ3v) is 6.79. The first kappa shape index (κ1) is 29.4. The van der Waals surface area contributed by atoms with Crippen LogP contribution in [0.2, 0.25) is 0 Å². The van der Waals surface area contributed by atoms with Gasteiger partial charge < -0.3 is 31.3 Å². The van der Waals surface area contributed by atoms with E-state index < -0.39 is 48.6 Å². The minimum absolute atomic E-state index is 0.00231. The van der Waals surface area contributed by atoms with E-state index in [9.17, 15) is 32.8 Å². The Balaban J connectivity index is 1.79. The molecule has 0 spiro atoms. The molecule has 39 heavy (non-hydrogen) atoms. The Kier molecular flexibility index (Phi) is 9.18. The highest BCUT2D eigenvalue weighted by Crippen LogP contribution is 2.59. The van der Waals surface area contributed by atoms with Crippen molar-refractivity contribution in [3.8, 4) is 5.75 Å². The Morgan fingerprint density at radius 3 is 1.85 bits per heavy atom. The highest BCUT2D eigenvalue weighted by atomic mass is 31.2. The lowest BCUT2D eigenvalue weighted by Crippen LogP contribution is -2.54. The fourth-order valence-electron chi connectivity index (χ4n) is 3.65. The first-order valence-electron chi connectivity index (χ1n) is 11.5. The van der Waals surface area contributed by atoms with Gasteiger partial charge in [0.1, 0.15) is 17.8 Å². The topological polar surface area (TPSA) is 179 Å². The van der Waals surface area contributed by atoms with Crippen molar-refractivity contribution in [2.45, 2.75) is 30.6 Å². The molecule has 0 saturated heterocycles. The Morgan fingerprint density at radius 1 is 0.821 bits per heavy atom. The zero-order valence-corrected chi connectivity index (χ0v) is 21.2. The van der Waals surface area contributed by atoms with Crippen molar-refractivity contribution >= 4 is 25.3 Å². The second-order valence-electron chi connectivity index (χ2n) is 8.71. The largest absolute Gasteiger partial charge is 0.508 e. The van der Waals surface area contributed by atoms with E-state index in [-0.39, 0.29) is 24.2 Å². The molecule has 2 atom stereocenters. The molecule has 3 aromatic carbocycles. The molecule has 10 nitrogen and oxygen atoms in total. The van der Waals surface area contributed by atoms with Crippen molar-refractivity contribution in [1.82, 2.24) is 10.6 Å². The lowest BCUT2D eigenvalue weighted by atomic mass is 10.0. The Labute approximate surface area is 222 Å². The molecule has 13 heteroatoms. The Bertz CT molecular complexity index is 1360. The smallest absolute Gasteiger partial charge is 0.399 e. The number of rotatable bonds is 11. The molecular formula is C26H26F2N3O7P. The molecular weight excluding hydrogens is 535 g/mol. The van der Waals surface area contributed by atoms with Gasteiger partial charge in [0.05, 0.1) is 0 Å². The number of amides is 3. The SMILES string of the molecule is NC(=O)[C@H](Cc1ccc(C(F)(F)P(=O)(O)O)cc1)NC(=O)[C@H](Cc1ccc(O)cc1)NC(=O)c1ccccc1. The number of phenols is 1. The zero-order chi connectivity index (χ0) is 28.8. The van der Waals surface area contributed by atoms with E-state index in [4.69, 9.17) is 15.5 Å². The summed E-state index contributed by atoms with van der Waals surface area (Å²) in [6.45, 7) is 0. The van der Waals surface area contributed by atoms with E-state index in [1.165, 1.54) is 12.1 Å². The minimum atomic E-state index is -5.76. The van der Waals surface area contributed by atoms with Gasteiger partial charge in [-0.1, -0.05) is 54.6 Å². The lowest BCUT2D eigenvalue weighted by molar-refractivity contribution is -0.128. The number of carbonyl (C=O) groups excluding carboxylic acids is 3. The fraction of sp³-hybridized carbons (Fsp3) is 0.192. The quantitative estimate of drug-likeness (QED) is 0.194. The van der Waals surface area contributed by atoms with Crippen LogP contribution in [0.1, 0.15) is 27.0 Å². The molecule has 3 amide bonds. The summed E-state index contributed by atoms with van der Waals surface area (Å²) >= 11 is 0. The summed E-state index contributed by atoms with van der Waals surface area (Å²) in [6, 6.07) is 15.5. The number of hydrogen-bond donors (Lipinski definition) is 6. The molecule has 0 aliphatic heterocycles. The molecule has 7 N–H and O–H groups in total. The van der Waals surface area contributed by atoms with Crippen molar-refractivity contribution in [2.24, 2.45) is 5.73 Å². The summed E-state index contributed by atoms with van der Waals surface area (Å²) in [6.07, 6.45) is -0.219. The number of nitrogens with one attached hydrogen (secondary N) is 2. The maximum absolute atomic E-state index is 13.9. The number of halogens is 2. The third kappa shape index (κ3) is 7.70. The molecule has 0 unspecified atom stereocenters. The molecule has 206 valence electrons. The van der Waals surface area contributed by atoms with Gasteiger partial charge >= 0.3 is 13.3 Å². The van der Waals surface area contributed by atoms with Crippen molar-refractivity contribution in [1.29, 1.82) is 0 Å². The first-order valence-corrected chi connectivity index (χ1v) is 13.2. The second-order valence-corrected chi connectivity index (χ2v) is 10.4. The molecule has 0 heterocycles. The summed E-state index contributed by atoms with van der Waals surface area (Å²) in [4.78, 5) is 55.9. The molecule has 0 aromatic heterocycles. The Morgan fingerprint density at radius 2 is 1.33 bits per heavy atom. The summed E-state index contributed by atoms with van der Waals surface area (Å²) < 4.78 is 39.0. The monoisotopic (exact) mass is 561 g/mol. The number of benzene rings is 3. The molecule has 0 bridgehead atoms. The number of nitrogens with two attached hydrogens (primary N) is 1. The van der Waals surface area contributed by atoms with Crippen molar-refractivity contribution < 1.29 is 42.6 Å². The molecule has 0 aliphatic rings.